The number of methoxy groups -OCH3 is 1. The number of piperazine rings is 1. The number of ether oxygens (including phenoxy) is 1. The lowest BCUT2D eigenvalue weighted by molar-refractivity contribution is -0.136. The Morgan fingerprint density at radius 2 is 2.12 bits per heavy atom. The Morgan fingerprint density at radius 3 is 2.85 bits per heavy atom. The van der Waals surface area contributed by atoms with E-state index >= 15 is 0 Å². The van der Waals surface area contributed by atoms with Crippen LogP contribution in [0.4, 0.5) is 0 Å². The molecule has 0 spiro atoms. The van der Waals surface area contributed by atoms with E-state index in [0.717, 1.165) is 11.3 Å². The Morgan fingerprint density at radius 1 is 1.31 bits per heavy atom. The van der Waals surface area contributed by atoms with Crippen molar-refractivity contribution in [2.24, 2.45) is 0 Å². The van der Waals surface area contributed by atoms with Crippen LogP contribution in [0.1, 0.15) is 29.1 Å². The molecular weight excluding hydrogens is 334 g/mol. The number of nitrogens with zero attached hydrogens (tertiary/aromatic N) is 1. The van der Waals surface area contributed by atoms with E-state index < -0.39 is 11.9 Å². The Kier molecular flexibility index (Phi) is 5.58. The number of furan rings is 1. The molecule has 2 atom stereocenters. The maximum absolute atomic E-state index is 13.0. The first-order valence-electron chi connectivity index (χ1n) is 8.60. The molecule has 1 aromatic heterocycles. The average molecular weight is 357 g/mol. The minimum atomic E-state index is -0.664. The first kappa shape index (κ1) is 18.0. The van der Waals surface area contributed by atoms with E-state index in [9.17, 15) is 9.59 Å². The molecule has 2 amide bonds. The fraction of sp³-hybridized carbons (Fsp3) is 0.368. The summed E-state index contributed by atoms with van der Waals surface area (Å²) in [6, 6.07) is 10.1. The molecule has 1 aliphatic heterocycles. The number of amides is 2. The molecule has 7 heteroatoms. The SMILES string of the molecule is COc1ccccc1C1CNCCN1C(=O)C(C)NC(=O)c1ccco1. The summed E-state index contributed by atoms with van der Waals surface area (Å²) in [5.74, 6) is 0.389. The molecule has 138 valence electrons. The van der Waals surface area contributed by atoms with E-state index in [0.29, 0.717) is 19.6 Å². The monoisotopic (exact) mass is 357 g/mol. The molecule has 26 heavy (non-hydrogen) atoms. The summed E-state index contributed by atoms with van der Waals surface area (Å²) in [6.45, 7) is 3.58. The summed E-state index contributed by atoms with van der Waals surface area (Å²) in [5, 5.41) is 6.02. The van der Waals surface area contributed by atoms with Crippen molar-refractivity contribution in [3.05, 3.63) is 54.0 Å². The third kappa shape index (κ3) is 3.72. The minimum Gasteiger partial charge on any atom is -0.496 e. The van der Waals surface area contributed by atoms with Crippen molar-refractivity contribution in [2.75, 3.05) is 26.7 Å². The zero-order valence-electron chi connectivity index (χ0n) is 14.9. The lowest BCUT2D eigenvalue weighted by atomic mass is 10.0. The Balaban J connectivity index is 1.76. The highest BCUT2D eigenvalue weighted by atomic mass is 16.5. The van der Waals surface area contributed by atoms with Crippen molar-refractivity contribution in [3.63, 3.8) is 0 Å². The molecule has 2 heterocycles. The maximum Gasteiger partial charge on any atom is 0.287 e. The van der Waals surface area contributed by atoms with E-state index in [4.69, 9.17) is 9.15 Å². The van der Waals surface area contributed by atoms with Crippen LogP contribution < -0.4 is 15.4 Å². The van der Waals surface area contributed by atoms with Crippen molar-refractivity contribution in [3.8, 4) is 5.75 Å². The predicted octanol–water partition coefficient (Wildman–Crippen LogP) is 1.58. The molecule has 3 rings (SSSR count). The van der Waals surface area contributed by atoms with Crippen molar-refractivity contribution < 1.29 is 18.7 Å². The molecule has 2 aromatic rings. The first-order chi connectivity index (χ1) is 12.6. The number of carbonyl (C=O) groups is 2. The molecule has 0 aliphatic carbocycles. The molecule has 1 saturated heterocycles. The van der Waals surface area contributed by atoms with Crippen LogP contribution >= 0.6 is 0 Å². The van der Waals surface area contributed by atoms with Gasteiger partial charge in [0.15, 0.2) is 5.76 Å². The van der Waals surface area contributed by atoms with E-state index in [1.165, 1.54) is 6.26 Å². The number of hydrogen-bond acceptors (Lipinski definition) is 5. The summed E-state index contributed by atoms with van der Waals surface area (Å²) >= 11 is 0. The van der Waals surface area contributed by atoms with Crippen molar-refractivity contribution >= 4 is 11.8 Å². The Labute approximate surface area is 152 Å². The standard InChI is InChI=1S/C19H23N3O4/c1-13(21-18(23)17-8-5-11-26-17)19(24)22-10-9-20-12-15(22)14-6-3-4-7-16(14)25-2/h3-8,11,13,15,20H,9-10,12H2,1-2H3,(H,21,23). The van der Waals surface area contributed by atoms with Gasteiger partial charge in [-0.2, -0.15) is 0 Å². The zero-order chi connectivity index (χ0) is 18.5. The van der Waals surface area contributed by atoms with Crippen LogP contribution in [-0.4, -0.2) is 49.5 Å². The zero-order valence-corrected chi connectivity index (χ0v) is 14.9. The van der Waals surface area contributed by atoms with Crippen LogP contribution in [0.5, 0.6) is 5.75 Å². The van der Waals surface area contributed by atoms with Gasteiger partial charge in [0, 0.05) is 25.2 Å². The van der Waals surface area contributed by atoms with Gasteiger partial charge >= 0.3 is 0 Å². The van der Waals surface area contributed by atoms with Gasteiger partial charge in [-0.25, -0.2) is 0 Å². The van der Waals surface area contributed by atoms with Gasteiger partial charge in [-0.3, -0.25) is 9.59 Å². The highest BCUT2D eigenvalue weighted by molar-refractivity contribution is 5.95. The van der Waals surface area contributed by atoms with E-state index in [2.05, 4.69) is 10.6 Å². The molecule has 1 aliphatic rings. The normalized spacial score (nSPS) is 18.2. The molecule has 2 N–H and O–H groups in total. The van der Waals surface area contributed by atoms with Gasteiger partial charge < -0.3 is 24.7 Å². The van der Waals surface area contributed by atoms with Gasteiger partial charge in [0.2, 0.25) is 5.91 Å². The number of nitrogens with one attached hydrogen (secondary N) is 2. The lowest BCUT2D eigenvalue weighted by Gasteiger charge is -2.38. The van der Waals surface area contributed by atoms with Gasteiger partial charge in [-0.15, -0.1) is 0 Å². The van der Waals surface area contributed by atoms with E-state index in [1.807, 2.05) is 24.3 Å². The number of hydrogen-bond donors (Lipinski definition) is 2. The van der Waals surface area contributed by atoms with Gasteiger partial charge in [-0.05, 0) is 25.1 Å². The van der Waals surface area contributed by atoms with Crippen molar-refractivity contribution in [2.45, 2.75) is 19.0 Å². The molecule has 0 saturated carbocycles. The summed E-state index contributed by atoms with van der Waals surface area (Å²) in [5.41, 5.74) is 0.945. The molecule has 1 aromatic carbocycles. The second kappa shape index (κ2) is 8.05. The molecule has 7 nitrogen and oxygen atoms in total. The molecule has 0 radical (unpaired) electrons. The van der Waals surface area contributed by atoms with Gasteiger partial charge in [0.1, 0.15) is 11.8 Å². The molecular formula is C19H23N3O4. The number of rotatable bonds is 5. The highest BCUT2D eigenvalue weighted by Gasteiger charge is 2.32. The van der Waals surface area contributed by atoms with Crippen LogP contribution in [0, 0.1) is 0 Å². The third-order valence-electron chi connectivity index (χ3n) is 4.49. The van der Waals surface area contributed by atoms with Crippen molar-refractivity contribution in [1.82, 2.24) is 15.5 Å². The molecule has 1 fully saturated rings. The first-order valence-corrected chi connectivity index (χ1v) is 8.60. The molecule has 2 unspecified atom stereocenters. The summed E-state index contributed by atoms with van der Waals surface area (Å²) in [4.78, 5) is 26.9. The average Bonchev–Trinajstić information content (AvgIpc) is 3.22. The third-order valence-corrected chi connectivity index (χ3v) is 4.49. The maximum atomic E-state index is 13.0. The summed E-state index contributed by atoms with van der Waals surface area (Å²) in [7, 11) is 1.62. The smallest absolute Gasteiger partial charge is 0.287 e. The number of benzene rings is 1. The highest BCUT2D eigenvalue weighted by Crippen LogP contribution is 2.30. The fourth-order valence-corrected chi connectivity index (χ4v) is 3.17. The van der Waals surface area contributed by atoms with E-state index in [1.54, 1.807) is 31.1 Å². The van der Waals surface area contributed by atoms with Crippen molar-refractivity contribution in [1.29, 1.82) is 0 Å². The minimum absolute atomic E-state index is 0.137. The topological polar surface area (TPSA) is 83.8 Å². The van der Waals surface area contributed by atoms with Gasteiger partial charge in [0.05, 0.1) is 19.4 Å². The van der Waals surface area contributed by atoms with Gasteiger partial charge in [0.25, 0.3) is 5.91 Å². The largest absolute Gasteiger partial charge is 0.496 e. The second-order valence-electron chi connectivity index (χ2n) is 6.17. The van der Waals surface area contributed by atoms with E-state index in [-0.39, 0.29) is 17.7 Å². The summed E-state index contributed by atoms with van der Waals surface area (Å²) < 4.78 is 10.5. The summed E-state index contributed by atoms with van der Waals surface area (Å²) in [6.07, 6.45) is 1.43. The molecule has 0 bridgehead atoms. The Hall–Kier alpha value is -2.80. The second-order valence-corrected chi connectivity index (χ2v) is 6.17. The van der Waals surface area contributed by atoms with Crippen LogP contribution in [0.25, 0.3) is 0 Å². The van der Waals surface area contributed by atoms with Crippen LogP contribution in [-0.2, 0) is 4.79 Å². The fourth-order valence-electron chi connectivity index (χ4n) is 3.17. The van der Waals surface area contributed by atoms with Crippen LogP contribution in [0.15, 0.2) is 47.1 Å². The predicted molar refractivity (Wildman–Crippen MR) is 96.0 cm³/mol. The Bertz CT molecular complexity index is 760. The van der Waals surface area contributed by atoms with Crippen LogP contribution in [0.2, 0.25) is 0 Å². The quantitative estimate of drug-likeness (QED) is 0.849. The number of carbonyl (C=O) groups excluding carboxylic acids is 2. The lowest BCUT2D eigenvalue weighted by Crippen LogP contribution is -2.54. The van der Waals surface area contributed by atoms with Crippen LogP contribution in [0.3, 0.4) is 0 Å². The van der Waals surface area contributed by atoms with Gasteiger partial charge in [-0.1, -0.05) is 18.2 Å². The number of para-hydroxylation sites is 1.